The van der Waals surface area contributed by atoms with Crippen LogP contribution in [0.1, 0.15) is 45.1 Å². The van der Waals surface area contributed by atoms with E-state index in [1.807, 2.05) is 6.07 Å². The number of halogens is 2. The van der Waals surface area contributed by atoms with Crippen molar-refractivity contribution in [1.29, 1.82) is 0 Å². The number of fused-ring (bicyclic) bond motifs is 2. The van der Waals surface area contributed by atoms with Crippen molar-refractivity contribution >= 4 is 15.9 Å². The summed E-state index contributed by atoms with van der Waals surface area (Å²) in [5.41, 5.74) is 1.81. The second kappa shape index (κ2) is 11.6. The van der Waals surface area contributed by atoms with E-state index in [0.29, 0.717) is 5.41 Å². The molecule has 4 fully saturated rings. The van der Waals surface area contributed by atoms with E-state index in [4.69, 9.17) is 18.9 Å². The van der Waals surface area contributed by atoms with Crippen LogP contribution in [-0.2, 0) is 16.0 Å². The van der Waals surface area contributed by atoms with Crippen LogP contribution in [-0.4, -0.2) is 64.8 Å². The number of quaternary nitrogens is 1. The summed E-state index contributed by atoms with van der Waals surface area (Å²) in [6, 6.07) is 4.12. The van der Waals surface area contributed by atoms with Crippen molar-refractivity contribution in [2.45, 2.75) is 46.1 Å². The van der Waals surface area contributed by atoms with E-state index in [2.05, 4.69) is 35.8 Å². The molecule has 2 bridgehead atoms. The molecule has 0 spiro atoms. The number of nitrogens with zero attached hydrogens (tertiary/aromatic N) is 1. The van der Waals surface area contributed by atoms with Gasteiger partial charge in [-0.25, -0.2) is 0 Å². The molecule has 4 aliphatic rings. The first-order valence-corrected chi connectivity index (χ1v) is 13.1. The molecule has 0 N–H and O–H groups in total. The monoisotopic (exact) mass is 589 g/mol. The van der Waals surface area contributed by atoms with Gasteiger partial charge in [0.2, 0.25) is 0 Å². The van der Waals surface area contributed by atoms with Gasteiger partial charge in [-0.05, 0) is 61.0 Å². The zero-order chi connectivity index (χ0) is 22.8. The average Bonchev–Trinajstić information content (AvgIpc) is 2.80. The first kappa shape index (κ1) is 27.3. The fraction of sp³-hybridized carbons (Fsp3) is 0.769. The third kappa shape index (κ3) is 5.91. The summed E-state index contributed by atoms with van der Waals surface area (Å²) in [5.74, 6) is 4.30. The van der Waals surface area contributed by atoms with E-state index in [-0.39, 0.29) is 17.0 Å². The van der Waals surface area contributed by atoms with Crippen molar-refractivity contribution in [2.75, 3.05) is 60.3 Å². The van der Waals surface area contributed by atoms with Crippen LogP contribution in [0.15, 0.2) is 16.6 Å². The van der Waals surface area contributed by atoms with Crippen LogP contribution in [0.4, 0.5) is 0 Å². The predicted octanol–water partition coefficient (Wildman–Crippen LogP) is 2.30. The molecular weight excluding hydrogens is 550 g/mol. The average molecular weight is 591 g/mol. The SMILES string of the molecule is COc1cc(Br)c(C[N+]2(CCOCC[C@H]3CC[C@H]4C[C@@H]3C4(C)C)CCOCC2)cc1OC.[Br-]. The third-order valence-corrected chi connectivity index (χ3v) is 9.56. The Morgan fingerprint density at radius 3 is 2.39 bits per heavy atom. The second-order valence-corrected chi connectivity index (χ2v) is 11.5. The molecule has 33 heavy (non-hydrogen) atoms. The molecule has 1 aromatic rings. The fourth-order valence-corrected chi connectivity index (χ4v) is 6.92. The van der Waals surface area contributed by atoms with Gasteiger partial charge in [-0.15, -0.1) is 0 Å². The normalized spacial score (nSPS) is 27.2. The van der Waals surface area contributed by atoms with Crippen molar-refractivity contribution in [3.05, 3.63) is 22.2 Å². The highest BCUT2D eigenvalue weighted by Crippen LogP contribution is 2.61. The van der Waals surface area contributed by atoms with Crippen molar-refractivity contribution in [3.8, 4) is 11.5 Å². The van der Waals surface area contributed by atoms with Gasteiger partial charge in [0.05, 0.1) is 34.0 Å². The minimum atomic E-state index is 0. The molecular formula is C26H41Br2NO4. The van der Waals surface area contributed by atoms with E-state index in [0.717, 1.165) is 90.8 Å². The highest BCUT2D eigenvalue weighted by atomic mass is 79.9. The molecule has 5 rings (SSSR count). The van der Waals surface area contributed by atoms with Gasteiger partial charge in [-0.1, -0.05) is 29.8 Å². The van der Waals surface area contributed by atoms with Crippen LogP contribution in [0.5, 0.6) is 11.5 Å². The minimum Gasteiger partial charge on any atom is -1.00 e. The highest BCUT2D eigenvalue weighted by molar-refractivity contribution is 9.10. The standard InChI is InChI=1S/C26H41BrNO4.BrH/c1-26(2)21-6-5-19(22(26)16-21)7-11-31-12-8-28(9-13-32-14-10-28)18-20-15-24(29-3)25(30-4)17-23(20)27;/h15,17,19,21-22H,5-14,16,18H2,1-4H3;1H/q+1;/p-1/t19-,21+,22+;/m1./s1. The highest BCUT2D eigenvalue weighted by Gasteiger charge is 2.53. The molecule has 0 aromatic heterocycles. The molecule has 0 unspecified atom stereocenters. The summed E-state index contributed by atoms with van der Waals surface area (Å²) in [7, 11) is 3.37. The van der Waals surface area contributed by atoms with Gasteiger partial charge in [0.25, 0.3) is 0 Å². The molecule has 7 heteroatoms. The van der Waals surface area contributed by atoms with E-state index in [1.165, 1.54) is 31.2 Å². The van der Waals surface area contributed by atoms with E-state index in [1.54, 1.807) is 14.2 Å². The van der Waals surface area contributed by atoms with Crippen molar-refractivity contribution in [2.24, 2.45) is 23.2 Å². The Labute approximate surface area is 219 Å². The van der Waals surface area contributed by atoms with Gasteiger partial charge in [-0.3, -0.25) is 0 Å². The molecule has 0 radical (unpaired) electrons. The molecule has 1 aliphatic heterocycles. The molecule has 3 atom stereocenters. The third-order valence-electron chi connectivity index (χ3n) is 8.82. The van der Waals surface area contributed by atoms with E-state index >= 15 is 0 Å². The molecule has 188 valence electrons. The van der Waals surface area contributed by atoms with E-state index in [9.17, 15) is 0 Å². The van der Waals surface area contributed by atoms with Crippen LogP contribution in [0.25, 0.3) is 0 Å². The molecule has 3 aliphatic carbocycles. The Kier molecular flexibility index (Phi) is 9.58. The first-order chi connectivity index (χ1) is 15.4. The number of rotatable bonds is 10. The molecule has 3 saturated carbocycles. The number of benzene rings is 1. The summed E-state index contributed by atoms with van der Waals surface area (Å²) in [6.45, 7) is 12.3. The Hall–Kier alpha value is -0.340. The smallest absolute Gasteiger partial charge is 0.161 e. The summed E-state index contributed by atoms with van der Waals surface area (Å²) in [4.78, 5) is 0. The van der Waals surface area contributed by atoms with Crippen LogP contribution in [0.2, 0.25) is 0 Å². The molecule has 0 amide bonds. The topological polar surface area (TPSA) is 36.9 Å². The van der Waals surface area contributed by atoms with Crippen molar-refractivity contribution in [1.82, 2.24) is 0 Å². The van der Waals surface area contributed by atoms with Crippen LogP contribution < -0.4 is 26.5 Å². The number of methoxy groups -OCH3 is 2. The zero-order valence-corrected chi connectivity index (χ0v) is 23.9. The predicted molar refractivity (Wildman–Crippen MR) is 130 cm³/mol. The lowest BCUT2D eigenvalue weighted by molar-refractivity contribution is -0.947. The summed E-state index contributed by atoms with van der Waals surface area (Å²) in [5, 5.41) is 0. The van der Waals surface area contributed by atoms with Crippen LogP contribution in [0.3, 0.4) is 0 Å². The fourth-order valence-electron chi connectivity index (χ4n) is 6.47. The lowest BCUT2D eigenvalue weighted by Crippen LogP contribution is -3.00. The Morgan fingerprint density at radius 2 is 1.76 bits per heavy atom. The van der Waals surface area contributed by atoms with E-state index < -0.39 is 0 Å². The lowest BCUT2D eigenvalue weighted by atomic mass is 9.45. The first-order valence-electron chi connectivity index (χ1n) is 12.3. The maximum atomic E-state index is 6.23. The molecule has 5 nitrogen and oxygen atoms in total. The Morgan fingerprint density at radius 1 is 1.06 bits per heavy atom. The van der Waals surface area contributed by atoms with Gasteiger partial charge in [0.15, 0.2) is 11.5 Å². The van der Waals surface area contributed by atoms with Gasteiger partial charge in [-0.2, -0.15) is 0 Å². The van der Waals surface area contributed by atoms with Gasteiger partial charge < -0.3 is 40.4 Å². The largest absolute Gasteiger partial charge is 1.00 e. The summed E-state index contributed by atoms with van der Waals surface area (Å²) < 4.78 is 25.0. The van der Waals surface area contributed by atoms with Crippen LogP contribution in [0, 0.1) is 23.2 Å². The quantitative estimate of drug-likeness (QED) is 0.310. The van der Waals surface area contributed by atoms with Gasteiger partial charge in [0.1, 0.15) is 26.2 Å². The minimum absolute atomic E-state index is 0. The molecule has 1 heterocycles. The maximum absolute atomic E-state index is 6.23. The van der Waals surface area contributed by atoms with Crippen molar-refractivity contribution < 1.29 is 40.4 Å². The van der Waals surface area contributed by atoms with Gasteiger partial charge in [0, 0.05) is 16.6 Å². The number of hydrogen-bond acceptors (Lipinski definition) is 4. The number of ether oxygens (including phenoxy) is 4. The maximum Gasteiger partial charge on any atom is 0.161 e. The van der Waals surface area contributed by atoms with Gasteiger partial charge >= 0.3 is 0 Å². The van der Waals surface area contributed by atoms with Crippen molar-refractivity contribution in [3.63, 3.8) is 0 Å². The second-order valence-electron chi connectivity index (χ2n) is 10.7. The summed E-state index contributed by atoms with van der Waals surface area (Å²) >= 11 is 3.75. The number of hydrogen-bond donors (Lipinski definition) is 0. The lowest BCUT2D eigenvalue weighted by Gasteiger charge is -2.60. The summed E-state index contributed by atoms with van der Waals surface area (Å²) in [6.07, 6.45) is 5.52. The Bertz CT molecular complexity index is 780. The molecule has 1 aromatic carbocycles. The molecule has 1 saturated heterocycles. The van der Waals surface area contributed by atoms with Crippen LogP contribution >= 0.6 is 15.9 Å². The zero-order valence-electron chi connectivity index (χ0n) is 20.7. The Balaban J connectivity index is 0.00000306. The number of morpholine rings is 1.